The largest absolute Gasteiger partial charge is 0.344 e. The van der Waals surface area contributed by atoms with Gasteiger partial charge in [-0.05, 0) is 6.42 Å². The third kappa shape index (κ3) is 2.03. The molecule has 0 aromatic rings. The summed E-state index contributed by atoms with van der Waals surface area (Å²) in [5, 5.41) is 11.3. The first kappa shape index (κ1) is 11.3. The quantitative estimate of drug-likeness (QED) is 0.503. The van der Waals surface area contributed by atoms with Crippen LogP contribution in [0.5, 0.6) is 0 Å². The van der Waals surface area contributed by atoms with Crippen LogP contribution in [0.15, 0.2) is 0 Å². The molecule has 2 aliphatic heterocycles. The van der Waals surface area contributed by atoms with Crippen LogP contribution in [0.25, 0.3) is 0 Å². The SMILES string of the molecule is CC(=O)N1CC(N(O)C2CCN(C=O)C2)C1. The molecule has 1 unspecified atom stereocenters. The van der Waals surface area contributed by atoms with Gasteiger partial charge in [-0.3, -0.25) is 9.59 Å². The van der Waals surface area contributed by atoms with Crippen LogP contribution in [0, 0.1) is 0 Å². The van der Waals surface area contributed by atoms with Gasteiger partial charge in [-0.2, -0.15) is 5.06 Å². The predicted molar refractivity (Wildman–Crippen MR) is 55.7 cm³/mol. The first-order valence-electron chi connectivity index (χ1n) is 5.54. The van der Waals surface area contributed by atoms with Crippen LogP contribution in [0.2, 0.25) is 0 Å². The Bertz CT molecular complexity index is 291. The predicted octanol–water partition coefficient (Wildman–Crippen LogP) is -0.861. The van der Waals surface area contributed by atoms with Gasteiger partial charge in [-0.1, -0.05) is 0 Å². The van der Waals surface area contributed by atoms with E-state index in [-0.39, 0.29) is 18.0 Å². The Labute approximate surface area is 94.4 Å². The summed E-state index contributed by atoms with van der Waals surface area (Å²) in [4.78, 5) is 24.9. The number of hydrogen-bond acceptors (Lipinski definition) is 4. The smallest absolute Gasteiger partial charge is 0.219 e. The summed E-state index contributed by atoms with van der Waals surface area (Å²) in [5.41, 5.74) is 0. The molecule has 16 heavy (non-hydrogen) atoms. The highest BCUT2D eigenvalue weighted by atomic mass is 16.5. The van der Waals surface area contributed by atoms with Crippen LogP contribution in [0.1, 0.15) is 13.3 Å². The molecule has 2 aliphatic rings. The van der Waals surface area contributed by atoms with Gasteiger partial charge in [-0.15, -0.1) is 0 Å². The fourth-order valence-electron chi connectivity index (χ4n) is 2.26. The third-order valence-corrected chi connectivity index (χ3v) is 3.40. The molecule has 0 radical (unpaired) electrons. The molecule has 2 amide bonds. The average Bonchev–Trinajstić information content (AvgIpc) is 2.62. The summed E-state index contributed by atoms with van der Waals surface area (Å²) in [6.07, 6.45) is 1.61. The highest BCUT2D eigenvalue weighted by Gasteiger charge is 2.38. The van der Waals surface area contributed by atoms with Crippen LogP contribution in [-0.4, -0.2) is 70.7 Å². The van der Waals surface area contributed by atoms with E-state index >= 15 is 0 Å². The number of amides is 2. The van der Waals surface area contributed by atoms with Gasteiger partial charge in [0.25, 0.3) is 0 Å². The topological polar surface area (TPSA) is 64.1 Å². The van der Waals surface area contributed by atoms with Gasteiger partial charge in [0.15, 0.2) is 0 Å². The standard InChI is InChI=1S/C10H17N3O3/c1-8(15)12-5-10(6-12)13(16)9-2-3-11(4-9)7-14/h7,9-10,16H,2-6H2,1H3. The summed E-state index contributed by atoms with van der Waals surface area (Å²) < 4.78 is 0. The lowest BCUT2D eigenvalue weighted by Gasteiger charge is -2.44. The Morgan fingerprint density at radius 2 is 2.06 bits per heavy atom. The van der Waals surface area contributed by atoms with E-state index in [1.54, 1.807) is 9.80 Å². The molecule has 0 aliphatic carbocycles. The first-order valence-corrected chi connectivity index (χ1v) is 5.54. The van der Waals surface area contributed by atoms with E-state index in [2.05, 4.69) is 0 Å². The van der Waals surface area contributed by atoms with Crippen LogP contribution in [0.4, 0.5) is 0 Å². The van der Waals surface area contributed by atoms with Gasteiger partial charge in [0.1, 0.15) is 0 Å². The van der Waals surface area contributed by atoms with Gasteiger partial charge in [0.05, 0.1) is 12.1 Å². The molecule has 0 bridgehead atoms. The minimum atomic E-state index is 0.0179. The van der Waals surface area contributed by atoms with E-state index in [4.69, 9.17) is 0 Å². The summed E-state index contributed by atoms with van der Waals surface area (Å²) in [5.74, 6) is 0.0468. The molecule has 1 N–H and O–H groups in total. The molecule has 0 aromatic carbocycles. The Kier molecular flexibility index (Phi) is 3.11. The molecule has 6 heteroatoms. The number of likely N-dealkylation sites (tertiary alicyclic amines) is 2. The number of rotatable bonds is 3. The van der Waals surface area contributed by atoms with Crippen molar-refractivity contribution in [3.63, 3.8) is 0 Å². The minimum Gasteiger partial charge on any atom is -0.344 e. The molecule has 1 atom stereocenters. The molecule has 2 rings (SSSR count). The van der Waals surface area contributed by atoms with Crippen molar-refractivity contribution in [3.05, 3.63) is 0 Å². The lowest BCUT2D eigenvalue weighted by Crippen LogP contribution is -2.62. The second-order valence-electron chi connectivity index (χ2n) is 4.50. The Morgan fingerprint density at radius 3 is 2.56 bits per heavy atom. The van der Waals surface area contributed by atoms with E-state index in [0.717, 1.165) is 12.8 Å². The highest BCUT2D eigenvalue weighted by Crippen LogP contribution is 2.20. The average molecular weight is 227 g/mol. The van der Waals surface area contributed by atoms with Crippen molar-refractivity contribution in [2.75, 3.05) is 26.2 Å². The molecule has 0 spiro atoms. The molecule has 2 fully saturated rings. The molecule has 6 nitrogen and oxygen atoms in total. The van der Waals surface area contributed by atoms with E-state index in [1.165, 1.54) is 12.0 Å². The zero-order valence-corrected chi connectivity index (χ0v) is 9.37. The van der Waals surface area contributed by atoms with E-state index in [1.807, 2.05) is 0 Å². The fourth-order valence-corrected chi connectivity index (χ4v) is 2.26. The number of nitrogens with zero attached hydrogens (tertiary/aromatic N) is 3. The van der Waals surface area contributed by atoms with Crippen molar-refractivity contribution in [2.24, 2.45) is 0 Å². The molecule has 2 heterocycles. The van der Waals surface area contributed by atoms with Gasteiger partial charge in [-0.25, -0.2) is 0 Å². The molecular weight excluding hydrogens is 210 g/mol. The Hall–Kier alpha value is -1.14. The Balaban J connectivity index is 1.79. The van der Waals surface area contributed by atoms with Gasteiger partial charge in [0, 0.05) is 33.1 Å². The molecular formula is C10H17N3O3. The van der Waals surface area contributed by atoms with Crippen molar-refractivity contribution < 1.29 is 14.8 Å². The minimum absolute atomic E-state index is 0.0179. The van der Waals surface area contributed by atoms with Crippen molar-refractivity contribution in [1.29, 1.82) is 0 Å². The maximum absolute atomic E-state index is 11.0. The molecule has 90 valence electrons. The fraction of sp³-hybridized carbons (Fsp3) is 0.800. The van der Waals surface area contributed by atoms with Crippen LogP contribution in [-0.2, 0) is 9.59 Å². The second-order valence-corrected chi connectivity index (χ2v) is 4.50. The number of hydroxylamine groups is 2. The third-order valence-electron chi connectivity index (χ3n) is 3.40. The molecule has 0 saturated carbocycles. The molecule has 0 aromatic heterocycles. The number of hydrogen-bond donors (Lipinski definition) is 1. The van der Waals surface area contributed by atoms with E-state index in [0.29, 0.717) is 26.2 Å². The van der Waals surface area contributed by atoms with Crippen molar-refractivity contribution in [3.8, 4) is 0 Å². The monoisotopic (exact) mass is 227 g/mol. The van der Waals surface area contributed by atoms with Crippen molar-refractivity contribution in [1.82, 2.24) is 14.9 Å². The second kappa shape index (κ2) is 4.39. The summed E-state index contributed by atoms with van der Waals surface area (Å²) in [6, 6.07) is 0.0461. The zero-order valence-electron chi connectivity index (χ0n) is 9.37. The molecule has 2 saturated heterocycles. The summed E-state index contributed by atoms with van der Waals surface area (Å²) in [7, 11) is 0. The normalized spacial score (nSPS) is 26.1. The van der Waals surface area contributed by atoms with Gasteiger partial charge < -0.3 is 15.0 Å². The summed E-state index contributed by atoms with van der Waals surface area (Å²) >= 11 is 0. The maximum Gasteiger partial charge on any atom is 0.219 e. The summed E-state index contributed by atoms with van der Waals surface area (Å²) in [6.45, 7) is 3.99. The van der Waals surface area contributed by atoms with E-state index in [9.17, 15) is 14.8 Å². The van der Waals surface area contributed by atoms with E-state index < -0.39 is 0 Å². The zero-order chi connectivity index (χ0) is 11.7. The lowest BCUT2D eigenvalue weighted by atomic mass is 10.1. The van der Waals surface area contributed by atoms with Crippen LogP contribution in [0.3, 0.4) is 0 Å². The first-order chi connectivity index (χ1) is 7.61. The van der Waals surface area contributed by atoms with Crippen molar-refractivity contribution >= 4 is 12.3 Å². The van der Waals surface area contributed by atoms with Gasteiger partial charge >= 0.3 is 0 Å². The Morgan fingerprint density at radius 1 is 1.38 bits per heavy atom. The van der Waals surface area contributed by atoms with Crippen molar-refractivity contribution in [2.45, 2.75) is 25.4 Å². The number of carbonyl (C=O) groups excluding carboxylic acids is 2. The van der Waals surface area contributed by atoms with Crippen LogP contribution >= 0.6 is 0 Å². The highest BCUT2D eigenvalue weighted by molar-refractivity contribution is 5.74. The van der Waals surface area contributed by atoms with Gasteiger partial charge in [0.2, 0.25) is 12.3 Å². The van der Waals surface area contributed by atoms with Crippen LogP contribution < -0.4 is 0 Å². The maximum atomic E-state index is 11.0. The lowest BCUT2D eigenvalue weighted by molar-refractivity contribution is -0.192. The number of carbonyl (C=O) groups is 2.